The van der Waals surface area contributed by atoms with Gasteiger partial charge in [0.15, 0.2) is 0 Å². The fourth-order valence-electron chi connectivity index (χ4n) is 2.07. The molecule has 0 aromatic rings. The molecule has 2 N–H and O–H groups in total. The van der Waals surface area contributed by atoms with Crippen LogP contribution in [0.1, 0.15) is 27.2 Å². The van der Waals surface area contributed by atoms with E-state index < -0.39 is 11.8 Å². The van der Waals surface area contributed by atoms with E-state index in [1.807, 2.05) is 25.7 Å². The van der Waals surface area contributed by atoms with Crippen LogP contribution in [0.5, 0.6) is 0 Å². The summed E-state index contributed by atoms with van der Waals surface area (Å²) < 4.78 is 10.5. The van der Waals surface area contributed by atoms with E-state index in [4.69, 9.17) is 14.6 Å². The van der Waals surface area contributed by atoms with Crippen LogP contribution in [0.2, 0.25) is 0 Å². The minimum atomic E-state index is -0.579. The van der Waals surface area contributed by atoms with Crippen LogP contribution < -0.4 is 0 Å². The molecule has 0 saturated carbocycles. The Morgan fingerprint density at radius 3 is 2.33 bits per heavy atom. The van der Waals surface area contributed by atoms with Gasteiger partial charge in [-0.15, -0.1) is 0 Å². The molecule has 0 bridgehead atoms. The first kappa shape index (κ1) is 18.2. The summed E-state index contributed by atoms with van der Waals surface area (Å²) in [7, 11) is 0. The maximum atomic E-state index is 11.9. The number of piperazine rings is 1. The highest BCUT2D eigenvalue weighted by molar-refractivity contribution is 5.68. The maximum Gasteiger partial charge on any atom is 0.410 e. The zero-order valence-electron chi connectivity index (χ0n) is 13.2. The average Bonchev–Trinajstić information content (AvgIpc) is 2.41. The Hall–Kier alpha value is -0.890. The third kappa shape index (κ3) is 7.08. The van der Waals surface area contributed by atoms with Crippen LogP contribution in [0.15, 0.2) is 0 Å². The van der Waals surface area contributed by atoms with E-state index in [0.29, 0.717) is 45.8 Å². The lowest BCUT2D eigenvalue weighted by atomic mass is 10.2. The predicted molar refractivity (Wildman–Crippen MR) is 77.9 cm³/mol. The second kappa shape index (κ2) is 8.53. The van der Waals surface area contributed by atoms with Gasteiger partial charge in [0.1, 0.15) is 11.8 Å². The first-order chi connectivity index (χ1) is 9.83. The Morgan fingerprint density at radius 2 is 1.81 bits per heavy atom. The number of carbonyl (C=O) groups is 1. The molecule has 1 aliphatic rings. The molecule has 1 saturated heterocycles. The van der Waals surface area contributed by atoms with E-state index in [1.54, 1.807) is 4.90 Å². The van der Waals surface area contributed by atoms with E-state index in [1.165, 1.54) is 0 Å². The molecular weight excluding hydrogens is 276 g/mol. The number of nitrogens with zero attached hydrogens (tertiary/aromatic N) is 2. The highest BCUT2D eigenvalue weighted by Gasteiger charge is 2.27. The zero-order valence-corrected chi connectivity index (χ0v) is 13.2. The van der Waals surface area contributed by atoms with Crippen molar-refractivity contribution < 1.29 is 24.5 Å². The minimum absolute atomic E-state index is 0.00927. The van der Waals surface area contributed by atoms with Crippen LogP contribution in [-0.2, 0) is 9.47 Å². The van der Waals surface area contributed by atoms with Crippen LogP contribution in [0.3, 0.4) is 0 Å². The van der Waals surface area contributed by atoms with Gasteiger partial charge >= 0.3 is 6.09 Å². The van der Waals surface area contributed by atoms with Crippen molar-refractivity contribution in [3.8, 4) is 0 Å². The Kier molecular flexibility index (Phi) is 7.37. The predicted octanol–water partition coefficient (Wildman–Crippen LogP) is 0.257. The highest BCUT2D eigenvalue weighted by atomic mass is 16.6. The van der Waals surface area contributed by atoms with Crippen molar-refractivity contribution in [2.24, 2.45) is 0 Å². The summed E-state index contributed by atoms with van der Waals surface area (Å²) in [5, 5.41) is 18.6. The van der Waals surface area contributed by atoms with Crippen LogP contribution >= 0.6 is 0 Å². The van der Waals surface area contributed by atoms with Gasteiger partial charge in [-0.25, -0.2) is 4.79 Å². The number of aliphatic hydroxyl groups is 2. The summed E-state index contributed by atoms with van der Waals surface area (Å²) in [5.41, 5.74) is -0.488. The molecule has 1 fully saturated rings. The van der Waals surface area contributed by atoms with Gasteiger partial charge in [0, 0.05) is 32.6 Å². The summed E-state index contributed by atoms with van der Waals surface area (Å²) in [4.78, 5) is 15.5. The van der Waals surface area contributed by atoms with Crippen LogP contribution in [0.25, 0.3) is 0 Å². The third-order valence-corrected chi connectivity index (χ3v) is 3.14. The number of ether oxygens (including phenoxy) is 2. The van der Waals surface area contributed by atoms with Gasteiger partial charge in [0.2, 0.25) is 0 Å². The number of hydrogen-bond donors (Lipinski definition) is 2. The largest absolute Gasteiger partial charge is 0.444 e. The monoisotopic (exact) mass is 304 g/mol. The second-order valence-corrected chi connectivity index (χ2v) is 6.11. The summed E-state index contributed by atoms with van der Waals surface area (Å²) >= 11 is 0. The molecule has 21 heavy (non-hydrogen) atoms. The first-order valence-electron chi connectivity index (χ1n) is 7.42. The van der Waals surface area contributed by atoms with Crippen LogP contribution in [0.4, 0.5) is 4.79 Å². The van der Waals surface area contributed by atoms with Crippen molar-refractivity contribution in [2.45, 2.75) is 39.0 Å². The average molecular weight is 304 g/mol. The molecule has 1 aliphatic heterocycles. The molecule has 1 rings (SSSR count). The molecular formula is C14H28N2O5. The van der Waals surface area contributed by atoms with Crippen molar-refractivity contribution in [1.82, 2.24) is 9.80 Å². The molecule has 7 heteroatoms. The number of aliphatic hydroxyl groups excluding tert-OH is 2. The topological polar surface area (TPSA) is 82.5 Å². The molecule has 1 unspecified atom stereocenters. The SMILES string of the molecule is CC(C)(C)OC(=O)N1CCN(C(O)CCOCCO)CC1. The molecule has 1 heterocycles. The standard InChI is InChI=1S/C14H28N2O5/c1-14(2,3)21-13(19)16-7-5-15(6-8-16)12(18)4-10-20-11-9-17/h12,17-18H,4-11H2,1-3H3. The Bertz CT molecular complexity index is 311. The number of rotatable bonds is 6. The van der Waals surface area contributed by atoms with E-state index >= 15 is 0 Å². The van der Waals surface area contributed by atoms with Crippen molar-refractivity contribution in [2.75, 3.05) is 46.0 Å². The number of carbonyl (C=O) groups excluding carboxylic acids is 1. The highest BCUT2D eigenvalue weighted by Crippen LogP contribution is 2.13. The van der Waals surface area contributed by atoms with Gasteiger partial charge in [-0.2, -0.15) is 0 Å². The van der Waals surface area contributed by atoms with E-state index in [9.17, 15) is 9.90 Å². The lowest BCUT2D eigenvalue weighted by molar-refractivity contribution is -0.0498. The summed E-state index contributed by atoms with van der Waals surface area (Å²) in [6.07, 6.45) is -0.390. The lowest BCUT2D eigenvalue weighted by Crippen LogP contribution is -2.53. The molecule has 0 aliphatic carbocycles. The van der Waals surface area contributed by atoms with Crippen LogP contribution in [0, 0.1) is 0 Å². The summed E-state index contributed by atoms with van der Waals surface area (Å²) in [6, 6.07) is 0. The molecule has 0 aromatic heterocycles. The van der Waals surface area contributed by atoms with Gasteiger partial charge in [-0.1, -0.05) is 0 Å². The molecule has 124 valence electrons. The molecule has 7 nitrogen and oxygen atoms in total. The molecule has 0 spiro atoms. The fourth-order valence-corrected chi connectivity index (χ4v) is 2.07. The van der Waals surface area contributed by atoms with Gasteiger partial charge in [0.05, 0.1) is 19.8 Å². The maximum absolute atomic E-state index is 11.9. The molecule has 1 atom stereocenters. The smallest absolute Gasteiger partial charge is 0.410 e. The normalized spacial score (nSPS) is 18.6. The minimum Gasteiger partial charge on any atom is -0.444 e. The lowest BCUT2D eigenvalue weighted by Gasteiger charge is -2.37. The molecule has 1 amide bonds. The van der Waals surface area contributed by atoms with Crippen LogP contribution in [-0.4, -0.2) is 83.9 Å². The van der Waals surface area contributed by atoms with Crippen molar-refractivity contribution in [3.63, 3.8) is 0 Å². The van der Waals surface area contributed by atoms with Gasteiger partial charge in [-0.3, -0.25) is 4.90 Å². The van der Waals surface area contributed by atoms with Gasteiger partial charge in [-0.05, 0) is 20.8 Å². The Labute approximate surface area is 126 Å². The van der Waals surface area contributed by atoms with E-state index in [2.05, 4.69) is 0 Å². The third-order valence-electron chi connectivity index (χ3n) is 3.14. The van der Waals surface area contributed by atoms with E-state index in [-0.39, 0.29) is 12.7 Å². The zero-order chi connectivity index (χ0) is 15.9. The van der Waals surface area contributed by atoms with Crippen molar-refractivity contribution >= 4 is 6.09 Å². The number of amides is 1. The molecule has 0 radical (unpaired) electrons. The second-order valence-electron chi connectivity index (χ2n) is 6.11. The van der Waals surface area contributed by atoms with E-state index in [0.717, 1.165) is 0 Å². The molecule has 0 aromatic carbocycles. The Balaban J connectivity index is 2.26. The van der Waals surface area contributed by atoms with Crippen molar-refractivity contribution in [3.05, 3.63) is 0 Å². The fraction of sp³-hybridized carbons (Fsp3) is 0.929. The van der Waals surface area contributed by atoms with Gasteiger partial charge in [0.25, 0.3) is 0 Å². The number of hydrogen-bond acceptors (Lipinski definition) is 6. The first-order valence-corrected chi connectivity index (χ1v) is 7.42. The summed E-state index contributed by atoms with van der Waals surface area (Å²) in [5.74, 6) is 0. The van der Waals surface area contributed by atoms with Crippen molar-refractivity contribution in [1.29, 1.82) is 0 Å². The van der Waals surface area contributed by atoms with Gasteiger partial charge < -0.3 is 24.6 Å². The quantitative estimate of drug-likeness (QED) is 0.685. The Morgan fingerprint density at radius 1 is 1.19 bits per heavy atom. The summed E-state index contributed by atoms with van der Waals surface area (Å²) in [6.45, 7) is 8.54.